The lowest BCUT2D eigenvalue weighted by Crippen LogP contribution is -2.37. The first-order valence-electron chi connectivity index (χ1n) is 5.70. The molecular weight excluding hydrogens is 226 g/mol. The molecule has 0 aromatic carbocycles. The topological polar surface area (TPSA) is 42.2 Å². The molecular formula is C12H16ClNO2. The smallest absolute Gasteiger partial charge is 0.256 e. The first kappa shape index (κ1) is 11.5. The van der Waals surface area contributed by atoms with Gasteiger partial charge >= 0.3 is 0 Å². The highest BCUT2D eigenvalue weighted by Crippen LogP contribution is 2.24. The van der Waals surface area contributed by atoms with Crippen molar-refractivity contribution < 1.29 is 9.21 Å². The van der Waals surface area contributed by atoms with Crippen LogP contribution in [0.1, 0.15) is 43.0 Å². The molecule has 16 heavy (non-hydrogen) atoms. The van der Waals surface area contributed by atoms with Gasteiger partial charge in [-0.1, -0.05) is 19.8 Å². The third kappa shape index (κ3) is 2.59. The Balaban J connectivity index is 1.95. The number of nitrogens with one attached hydrogen (secondary N) is 1. The molecule has 0 spiro atoms. The second-order valence-electron chi connectivity index (χ2n) is 4.55. The fourth-order valence-electron chi connectivity index (χ4n) is 2.28. The highest BCUT2D eigenvalue weighted by molar-refractivity contribution is 6.32. The van der Waals surface area contributed by atoms with E-state index in [1.54, 1.807) is 6.07 Å². The first-order valence-corrected chi connectivity index (χ1v) is 6.08. The van der Waals surface area contributed by atoms with E-state index in [0.717, 1.165) is 12.8 Å². The van der Waals surface area contributed by atoms with E-state index in [4.69, 9.17) is 16.0 Å². The number of rotatable bonds is 2. The third-order valence-corrected chi connectivity index (χ3v) is 3.43. The minimum absolute atomic E-state index is 0.127. The molecule has 0 aliphatic heterocycles. The van der Waals surface area contributed by atoms with Gasteiger partial charge in [0, 0.05) is 6.04 Å². The van der Waals surface area contributed by atoms with Gasteiger partial charge in [0.1, 0.15) is 0 Å². The van der Waals surface area contributed by atoms with Crippen LogP contribution in [0.25, 0.3) is 0 Å². The molecule has 1 saturated carbocycles. The molecule has 1 aromatic heterocycles. The van der Waals surface area contributed by atoms with Gasteiger partial charge in [-0.15, -0.1) is 0 Å². The van der Waals surface area contributed by atoms with E-state index >= 15 is 0 Å². The average Bonchev–Trinajstić information content (AvgIpc) is 2.64. The van der Waals surface area contributed by atoms with Crippen molar-refractivity contribution in [2.75, 3.05) is 0 Å². The van der Waals surface area contributed by atoms with Crippen LogP contribution in [0.3, 0.4) is 0 Å². The van der Waals surface area contributed by atoms with Crippen LogP contribution in [0.5, 0.6) is 0 Å². The van der Waals surface area contributed by atoms with Crippen LogP contribution in [0.2, 0.25) is 5.22 Å². The van der Waals surface area contributed by atoms with Crippen LogP contribution >= 0.6 is 11.6 Å². The van der Waals surface area contributed by atoms with Crippen molar-refractivity contribution in [3.05, 3.63) is 23.1 Å². The van der Waals surface area contributed by atoms with Crippen molar-refractivity contribution in [2.24, 2.45) is 5.92 Å². The molecule has 3 nitrogen and oxygen atoms in total. The molecule has 1 amide bonds. The summed E-state index contributed by atoms with van der Waals surface area (Å²) >= 11 is 5.75. The first-order chi connectivity index (χ1) is 7.66. The zero-order valence-electron chi connectivity index (χ0n) is 9.33. The van der Waals surface area contributed by atoms with Gasteiger partial charge in [0.2, 0.25) is 5.22 Å². The molecule has 1 N–H and O–H groups in total. The van der Waals surface area contributed by atoms with Gasteiger partial charge in [0.15, 0.2) is 0 Å². The SMILES string of the molecule is CC1CCCC(NC(=O)c2ccoc2Cl)C1. The summed E-state index contributed by atoms with van der Waals surface area (Å²) in [6.45, 7) is 2.23. The highest BCUT2D eigenvalue weighted by atomic mass is 35.5. The molecule has 1 heterocycles. The molecule has 2 unspecified atom stereocenters. The van der Waals surface area contributed by atoms with Gasteiger partial charge in [-0.3, -0.25) is 4.79 Å². The lowest BCUT2D eigenvalue weighted by molar-refractivity contribution is 0.0921. The van der Waals surface area contributed by atoms with Crippen LogP contribution in [0.4, 0.5) is 0 Å². The Hall–Kier alpha value is -0.960. The van der Waals surface area contributed by atoms with Crippen LogP contribution in [-0.4, -0.2) is 11.9 Å². The Kier molecular flexibility index (Phi) is 3.54. The number of halogens is 1. The quantitative estimate of drug-likeness (QED) is 0.864. The van der Waals surface area contributed by atoms with Crippen LogP contribution in [0.15, 0.2) is 16.7 Å². The molecule has 1 aliphatic rings. The summed E-state index contributed by atoms with van der Waals surface area (Å²) in [6.07, 6.45) is 6.00. The van der Waals surface area contributed by atoms with Crippen molar-refractivity contribution in [1.29, 1.82) is 0 Å². The summed E-state index contributed by atoms with van der Waals surface area (Å²) in [5, 5.41) is 3.18. The van der Waals surface area contributed by atoms with Crippen molar-refractivity contribution in [3.8, 4) is 0 Å². The lowest BCUT2D eigenvalue weighted by atomic mass is 9.87. The Bertz CT molecular complexity index is 375. The van der Waals surface area contributed by atoms with Crippen molar-refractivity contribution in [2.45, 2.75) is 38.6 Å². The number of amides is 1. The maximum absolute atomic E-state index is 11.8. The van der Waals surface area contributed by atoms with Gasteiger partial charge in [0.05, 0.1) is 11.8 Å². The molecule has 2 atom stereocenters. The molecule has 1 fully saturated rings. The van der Waals surface area contributed by atoms with Gasteiger partial charge < -0.3 is 9.73 Å². The second kappa shape index (κ2) is 4.91. The van der Waals surface area contributed by atoms with Crippen molar-refractivity contribution >= 4 is 17.5 Å². The summed E-state index contributed by atoms with van der Waals surface area (Å²) in [5.41, 5.74) is 0.430. The summed E-state index contributed by atoms with van der Waals surface area (Å²) in [6, 6.07) is 1.88. The van der Waals surface area contributed by atoms with E-state index in [2.05, 4.69) is 12.2 Å². The molecule has 4 heteroatoms. The number of furan rings is 1. The molecule has 0 bridgehead atoms. The monoisotopic (exact) mass is 241 g/mol. The standard InChI is InChI=1S/C12H16ClNO2/c1-8-3-2-4-9(7-8)14-12(15)10-5-6-16-11(10)13/h5-6,8-9H,2-4,7H2,1H3,(H,14,15). The number of carbonyl (C=O) groups is 1. The van der Waals surface area contributed by atoms with E-state index in [0.29, 0.717) is 11.5 Å². The number of hydrogen-bond acceptors (Lipinski definition) is 2. The molecule has 0 radical (unpaired) electrons. The fraction of sp³-hybridized carbons (Fsp3) is 0.583. The number of carbonyl (C=O) groups excluding carboxylic acids is 1. The van der Waals surface area contributed by atoms with Gasteiger partial charge in [-0.2, -0.15) is 0 Å². The van der Waals surface area contributed by atoms with E-state index in [9.17, 15) is 4.79 Å². The fourth-order valence-corrected chi connectivity index (χ4v) is 2.48. The largest absolute Gasteiger partial charge is 0.452 e. The van der Waals surface area contributed by atoms with Crippen molar-refractivity contribution in [3.63, 3.8) is 0 Å². The van der Waals surface area contributed by atoms with E-state index in [1.165, 1.54) is 19.1 Å². The van der Waals surface area contributed by atoms with Gasteiger partial charge in [0.25, 0.3) is 5.91 Å². The third-order valence-electron chi connectivity index (χ3n) is 3.13. The summed E-state index contributed by atoms with van der Waals surface area (Å²) in [7, 11) is 0. The van der Waals surface area contributed by atoms with Gasteiger partial charge in [-0.25, -0.2) is 0 Å². The molecule has 1 aromatic rings. The van der Waals surface area contributed by atoms with Crippen LogP contribution in [-0.2, 0) is 0 Å². The molecule has 1 aliphatic carbocycles. The Labute approximate surface area is 100 Å². The van der Waals surface area contributed by atoms with Crippen LogP contribution < -0.4 is 5.32 Å². The van der Waals surface area contributed by atoms with E-state index < -0.39 is 0 Å². The predicted molar refractivity (Wildman–Crippen MR) is 62.6 cm³/mol. The Morgan fingerprint density at radius 1 is 1.56 bits per heavy atom. The summed E-state index contributed by atoms with van der Waals surface area (Å²) < 4.78 is 4.90. The van der Waals surface area contributed by atoms with E-state index in [1.807, 2.05) is 0 Å². The van der Waals surface area contributed by atoms with Crippen LogP contribution in [0, 0.1) is 5.92 Å². The zero-order valence-corrected chi connectivity index (χ0v) is 10.1. The predicted octanol–water partition coefficient (Wildman–Crippen LogP) is 3.24. The molecule has 0 saturated heterocycles. The Morgan fingerprint density at radius 3 is 3.00 bits per heavy atom. The van der Waals surface area contributed by atoms with Gasteiger partial charge in [-0.05, 0) is 36.4 Å². The highest BCUT2D eigenvalue weighted by Gasteiger charge is 2.22. The molecule has 88 valence electrons. The summed E-state index contributed by atoms with van der Waals surface area (Å²) in [4.78, 5) is 11.8. The average molecular weight is 242 g/mol. The van der Waals surface area contributed by atoms with E-state index in [-0.39, 0.29) is 17.2 Å². The maximum atomic E-state index is 11.8. The zero-order chi connectivity index (χ0) is 11.5. The summed E-state index contributed by atoms with van der Waals surface area (Å²) in [5.74, 6) is 0.566. The maximum Gasteiger partial charge on any atom is 0.256 e. The number of hydrogen-bond donors (Lipinski definition) is 1. The molecule has 2 rings (SSSR count). The lowest BCUT2D eigenvalue weighted by Gasteiger charge is -2.27. The normalized spacial score (nSPS) is 25.4. The second-order valence-corrected chi connectivity index (χ2v) is 4.89. The minimum Gasteiger partial charge on any atom is -0.452 e. The Morgan fingerprint density at radius 2 is 2.38 bits per heavy atom. The van der Waals surface area contributed by atoms with Crippen molar-refractivity contribution in [1.82, 2.24) is 5.32 Å². The minimum atomic E-state index is -0.127.